The lowest BCUT2D eigenvalue weighted by Crippen LogP contribution is -3.11. The number of likely N-dealkylation sites (tertiary alicyclic amines) is 1. The van der Waals surface area contributed by atoms with Crippen molar-refractivity contribution in [3.63, 3.8) is 0 Å². The highest BCUT2D eigenvalue weighted by Crippen LogP contribution is 2.17. The fourth-order valence-corrected chi connectivity index (χ4v) is 4.00. The van der Waals surface area contributed by atoms with Gasteiger partial charge in [0.05, 0.1) is 32.4 Å². The summed E-state index contributed by atoms with van der Waals surface area (Å²) in [7, 11) is 1.68. The molecule has 1 aliphatic rings. The molecule has 6 nitrogen and oxygen atoms in total. The fourth-order valence-electron chi connectivity index (χ4n) is 4.00. The number of hydrogen-bond donors (Lipinski definition) is 2. The summed E-state index contributed by atoms with van der Waals surface area (Å²) in [5.74, 6) is 0.805. The van der Waals surface area contributed by atoms with Gasteiger partial charge >= 0.3 is 0 Å². The highest BCUT2D eigenvalue weighted by Gasteiger charge is 2.28. The number of aromatic nitrogens is 2. The van der Waals surface area contributed by atoms with E-state index in [0.717, 1.165) is 24.5 Å². The lowest BCUT2D eigenvalue weighted by Gasteiger charge is -2.25. The highest BCUT2D eigenvalue weighted by atomic mass is 16.5. The van der Waals surface area contributed by atoms with Crippen LogP contribution in [-0.2, 0) is 0 Å². The van der Waals surface area contributed by atoms with Crippen molar-refractivity contribution in [1.29, 1.82) is 0 Å². The van der Waals surface area contributed by atoms with E-state index in [1.54, 1.807) is 18.0 Å². The van der Waals surface area contributed by atoms with Gasteiger partial charge in [0.2, 0.25) is 0 Å². The van der Waals surface area contributed by atoms with E-state index in [2.05, 4.69) is 22.5 Å². The third-order valence-corrected chi connectivity index (χ3v) is 5.62. The lowest BCUT2D eigenvalue weighted by molar-refractivity contribution is -0.918. The van der Waals surface area contributed by atoms with Gasteiger partial charge in [-0.05, 0) is 54.6 Å². The molecule has 1 fully saturated rings. The first-order valence-electron chi connectivity index (χ1n) is 10.1. The van der Waals surface area contributed by atoms with Crippen LogP contribution in [0.1, 0.15) is 34.8 Å². The van der Waals surface area contributed by atoms with Crippen molar-refractivity contribution in [2.45, 2.75) is 18.9 Å². The molecule has 1 aliphatic heterocycles. The van der Waals surface area contributed by atoms with Crippen LogP contribution in [0.15, 0.2) is 67.0 Å². The molecule has 1 atom stereocenters. The van der Waals surface area contributed by atoms with Gasteiger partial charge in [0.1, 0.15) is 11.8 Å². The predicted octanol–water partition coefficient (Wildman–Crippen LogP) is 2.03. The Labute approximate surface area is 171 Å². The molecule has 0 unspecified atom stereocenters. The molecule has 0 radical (unpaired) electrons. The zero-order valence-electron chi connectivity index (χ0n) is 16.7. The Morgan fingerprint density at radius 1 is 1.14 bits per heavy atom. The second-order valence-corrected chi connectivity index (χ2v) is 7.40. The molecule has 2 N–H and O–H groups in total. The van der Waals surface area contributed by atoms with E-state index < -0.39 is 0 Å². The summed E-state index contributed by atoms with van der Waals surface area (Å²) >= 11 is 0. The van der Waals surface area contributed by atoms with Crippen LogP contribution in [0.25, 0.3) is 5.69 Å². The van der Waals surface area contributed by atoms with Gasteiger partial charge in [-0.3, -0.25) is 4.79 Å². The average Bonchev–Trinajstić information content (AvgIpc) is 3.49. The quantitative estimate of drug-likeness (QED) is 0.648. The van der Waals surface area contributed by atoms with Gasteiger partial charge in [-0.2, -0.15) is 5.10 Å². The van der Waals surface area contributed by atoms with Crippen molar-refractivity contribution in [3.8, 4) is 11.4 Å². The van der Waals surface area contributed by atoms with Gasteiger partial charge in [-0.1, -0.05) is 0 Å². The molecule has 0 spiro atoms. The number of carbonyl (C=O) groups excluding carboxylic acids is 1. The van der Waals surface area contributed by atoms with E-state index in [1.807, 2.05) is 48.7 Å². The van der Waals surface area contributed by atoms with Crippen LogP contribution in [0, 0.1) is 0 Å². The number of amides is 1. The number of rotatable bonds is 7. The topological polar surface area (TPSA) is 60.6 Å². The minimum absolute atomic E-state index is 0.0471. The maximum absolute atomic E-state index is 12.7. The van der Waals surface area contributed by atoms with E-state index in [-0.39, 0.29) is 11.9 Å². The Kier molecular flexibility index (Phi) is 5.91. The average molecular weight is 391 g/mol. The summed E-state index contributed by atoms with van der Waals surface area (Å²) in [6.45, 7) is 2.90. The first-order chi connectivity index (χ1) is 14.2. The van der Waals surface area contributed by atoms with E-state index in [4.69, 9.17) is 4.74 Å². The van der Waals surface area contributed by atoms with Crippen molar-refractivity contribution < 1.29 is 14.4 Å². The normalized spacial score (nSPS) is 15.2. The van der Waals surface area contributed by atoms with Gasteiger partial charge in [-0.25, -0.2) is 4.68 Å². The lowest BCUT2D eigenvalue weighted by atomic mass is 10.0. The monoisotopic (exact) mass is 391 g/mol. The molecule has 2 aromatic carbocycles. The van der Waals surface area contributed by atoms with Crippen LogP contribution in [0.5, 0.6) is 5.75 Å². The molecule has 150 valence electrons. The number of quaternary nitrogens is 1. The molecule has 6 heteroatoms. The van der Waals surface area contributed by atoms with Crippen LogP contribution in [0.4, 0.5) is 0 Å². The molecule has 1 aromatic heterocycles. The standard InChI is InChI=1S/C23H26N4O2/c1-29-21-11-7-18(8-12-21)22(26-14-2-3-15-26)17-24-23(28)19-5-9-20(10-6-19)27-16-4-13-25-27/h4-13,16,22H,2-3,14-15,17H2,1H3,(H,24,28)/p+1/t22-/m1/s1. The number of carbonyl (C=O) groups is 1. The van der Waals surface area contributed by atoms with Crippen LogP contribution >= 0.6 is 0 Å². The summed E-state index contributed by atoms with van der Waals surface area (Å²) in [6, 6.07) is 17.8. The second kappa shape index (κ2) is 8.92. The molecular weight excluding hydrogens is 364 g/mol. The maximum atomic E-state index is 12.7. The van der Waals surface area contributed by atoms with Crippen LogP contribution in [0.3, 0.4) is 0 Å². The molecule has 0 bridgehead atoms. The molecule has 0 saturated carbocycles. The van der Waals surface area contributed by atoms with Crippen molar-refractivity contribution in [3.05, 3.63) is 78.1 Å². The Morgan fingerprint density at radius 2 is 1.86 bits per heavy atom. The maximum Gasteiger partial charge on any atom is 0.251 e. The van der Waals surface area contributed by atoms with E-state index in [9.17, 15) is 4.79 Å². The molecule has 29 heavy (non-hydrogen) atoms. The molecule has 3 aromatic rings. The van der Waals surface area contributed by atoms with Gasteiger partial charge in [0.15, 0.2) is 0 Å². The summed E-state index contributed by atoms with van der Waals surface area (Å²) in [6.07, 6.45) is 6.10. The third-order valence-electron chi connectivity index (χ3n) is 5.62. The molecule has 1 saturated heterocycles. The second-order valence-electron chi connectivity index (χ2n) is 7.40. The van der Waals surface area contributed by atoms with Crippen molar-refractivity contribution in [2.24, 2.45) is 0 Å². The molecule has 2 heterocycles. The smallest absolute Gasteiger partial charge is 0.251 e. The summed E-state index contributed by atoms with van der Waals surface area (Å²) in [4.78, 5) is 14.3. The third kappa shape index (κ3) is 4.49. The summed E-state index contributed by atoms with van der Waals surface area (Å²) < 4.78 is 7.06. The van der Waals surface area contributed by atoms with Gasteiger partial charge in [0.25, 0.3) is 5.91 Å². The molecular formula is C23H27N4O2+. The zero-order chi connectivity index (χ0) is 20.1. The zero-order valence-corrected chi connectivity index (χ0v) is 16.7. The molecule has 4 rings (SSSR count). The Hall–Kier alpha value is -3.12. The predicted molar refractivity (Wildman–Crippen MR) is 112 cm³/mol. The Bertz CT molecular complexity index is 915. The number of methoxy groups -OCH3 is 1. The number of hydrogen-bond acceptors (Lipinski definition) is 3. The summed E-state index contributed by atoms with van der Waals surface area (Å²) in [5, 5.41) is 7.36. The van der Waals surface area contributed by atoms with Crippen molar-refractivity contribution in [2.75, 3.05) is 26.7 Å². The fraction of sp³-hybridized carbons (Fsp3) is 0.304. The minimum Gasteiger partial charge on any atom is -0.497 e. The van der Waals surface area contributed by atoms with E-state index in [0.29, 0.717) is 12.1 Å². The minimum atomic E-state index is -0.0471. The van der Waals surface area contributed by atoms with Gasteiger partial charge < -0.3 is 15.0 Å². The van der Waals surface area contributed by atoms with E-state index in [1.165, 1.54) is 23.3 Å². The van der Waals surface area contributed by atoms with Gasteiger partial charge in [0, 0.05) is 36.4 Å². The number of ether oxygens (including phenoxy) is 1. The number of nitrogens with one attached hydrogen (secondary N) is 2. The van der Waals surface area contributed by atoms with Crippen molar-refractivity contribution >= 4 is 5.91 Å². The Balaban J connectivity index is 1.44. The first-order valence-corrected chi connectivity index (χ1v) is 10.1. The first kappa shape index (κ1) is 19.2. The SMILES string of the molecule is COc1ccc([C@@H](CNC(=O)c2ccc(-n3cccn3)cc2)[NH+]2CCCC2)cc1. The van der Waals surface area contributed by atoms with E-state index >= 15 is 0 Å². The molecule has 0 aliphatic carbocycles. The molecule has 1 amide bonds. The summed E-state index contributed by atoms with van der Waals surface area (Å²) in [5.41, 5.74) is 2.83. The largest absolute Gasteiger partial charge is 0.497 e. The highest BCUT2D eigenvalue weighted by molar-refractivity contribution is 5.94. The number of nitrogens with zero attached hydrogens (tertiary/aromatic N) is 2. The van der Waals surface area contributed by atoms with Crippen LogP contribution < -0.4 is 15.0 Å². The van der Waals surface area contributed by atoms with Crippen LogP contribution in [0.2, 0.25) is 0 Å². The van der Waals surface area contributed by atoms with Crippen molar-refractivity contribution in [1.82, 2.24) is 15.1 Å². The number of benzene rings is 2. The Morgan fingerprint density at radius 3 is 2.48 bits per heavy atom. The van der Waals surface area contributed by atoms with Crippen LogP contribution in [-0.4, -0.2) is 42.4 Å². The van der Waals surface area contributed by atoms with Gasteiger partial charge in [-0.15, -0.1) is 0 Å².